The van der Waals surface area contributed by atoms with Crippen molar-refractivity contribution in [2.24, 2.45) is 5.92 Å². The Balaban J connectivity index is 2.00. The maximum atomic E-state index is 13.1. The lowest BCUT2D eigenvalue weighted by Gasteiger charge is -2.33. The van der Waals surface area contributed by atoms with E-state index in [1.807, 2.05) is 0 Å². The van der Waals surface area contributed by atoms with Crippen LogP contribution in [0, 0.1) is 5.92 Å². The molecule has 2 aromatic rings. The monoisotopic (exact) mass is 426 g/mol. The SMILES string of the molecule is C=C1C(=O)c2cc3c(cc2[C@@H](c2cc(OC)c(OC)c(OC)c2)[C@@H]1C(=O)OC)OCO3. The number of hydrogen-bond donors (Lipinski definition) is 0. The first kappa shape index (κ1) is 20.6. The molecule has 2 aliphatic rings. The van der Waals surface area contributed by atoms with E-state index in [4.69, 9.17) is 28.4 Å². The number of Topliss-reactive ketones (excluding diaryl/α,β-unsaturated/α-hetero) is 1. The number of benzene rings is 2. The summed E-state index contributed by atoms with van der Waals surface area (Å²) in [5.74, 6) is -0.215. The van der Waals surface area contributed by atoms with Crippen LogP contribution in [0.15, 0.2) is 36.4 Å². The normalized spacial score (nSPS) is 19.0. The number of ether oxygens (including phenoxy) is 6. The molecule has 4 rings (SSSR count). The molecule has 0 radical (unpaired) electrons. The maximum Gasteiger partial charge on any atom is 0.314 e. The smallest absolute Gasteiger partial charge is 0.314 e. The number of carbonyl (C=O) groups is 2. The first-order valence-corrected chi connectivity index (χ1v) is 9.49. The molecule has 0 saturated carbocycles. The van der Waals surface area contributed by atoms with Gasteiger partial charge in [0.25, 0.3) is 0 Å². The molecule has 8 nitrogen and oxygen atoms in total. The quantitative estimate of drug-likeness (QED) is 0.532. The predicted octanol–water partition coefficient (Wildman–Crippen LogP) is 3.11. The van der Waals surface area contributed by atoms with Gasteiger partial charge >= 0.3 is 5.97 Å². The fourth-order valence-electron chi connectivity index (χ4n) is 4.16. The van der Waals surface area contributed by atoms with Gasteiger partial charge in [-0.05, 0) is 35.4 Å². The number of esters is 1. The fraction of sp³-hybridized carbons (Fsp3) is 0.304. The van der Waals surface area contributed by atoms with Crippen LogP contribution in [0.2, 0.25) is 0 Å². The Bertz CT molecular complexity index is 1060. The van der Waals surface area contributed by atoms with Crippen molar-refractivity contribution in [1.82, 2.24) is 0 Å². The Morgan fingerprint density at radius 2 is 1.58 bits per heavy atom. The van der Waals surface area contributed by atoms with Crippen molar-refractivity contribution in [3.05, 3.63) is 53.1 Å². The maximum absolute atomic E-state index is 13.1. The minimum Gasteiger partial charge on any atom is -0.493 e. The van der Waals surface area contributed by atoms with Crippen molar-refractivity contribution in [3.63, 3.8) is 0 Å². The summed E-state index contributed by atoms with van der Waals surface area (Å²) in [6.07, 6.45) is 0. The number of methoxy groups -OCH3 is 4. The van der Waals surface area contributed by atoms with Crippen LogP contribution in [0.5, 0.6) is 28.7 Å². The van der Waals surface area contributed by atoms with Gasteiger partial charge in [-0.25, -0.2) is 0 Å². The zero-order valence-corrected chi connectivity index (χ0v) is 17.6. The van der Waals surface area contributed by atoms with Crippen LogP contribution in [-0.4, -0.2) is 47.0 Å². The molecule has 0 amide bonds. The van der Waals surface area contributed by atoms with Crippen molar-refractivity contribution in [1.29, 1.82) is 0 Å². The van der Waals surface area contributed by atoms with E-state index in [2.05, 4.69) is 6.58 Å². The number of rotatable bonds is 5. The van der Waals surface area contributed by atoms with Gasteiger partial charge in [0.15, 0.2) is 28.8 Å². The molecule has 2 atom stereocenters. The zero-order chi connectivity index (χ0) is 22.3. The Kier molecular flexibility index (Phi) is 5.22. The van der Waals surface area contributed by atoms with Crippen LogP contribution in [0.3, 0.4) is 0 Å². The molecule has 0 bridgehead atoms. The molecule has 162 valence electrons. The fourth-order valence-corrected chi connectivity index (χ4v) is 4.16. The van der Waals surface area contributed by atoms with Crippen LogP contribution >= 0.6 is 0 Å². The van der Waals surface area contributed by atoms with Crippen molar-refractivity contribution >= 4 is 11.8 Å². The van der Waals surface area contributed by atoms with E-state index in [0.717, 1.165) is 0 Å². The molecule has 0 spiro atoms. The second-order valence-corrected chi connectivity index (χ2v) is 7.08. The van der Waals surface area contributed by atoms with Gasteiger partial charge in [-0.2, -0.15) is 0 Å². The molecule has 0 unspecified atom stereocenters. The van der Waals surface area contributed by atoms with Gasteiger partial charge in [0, 0.05) is 17.1 Å². The first-order valence-electron chi connectivity index (χ1n) is 9.49. The summed E-state index contributed by atoms with van der Waals surface area (Å²) in [6, 6.07) is 6.86. The third kappa shape index (κ3) is 3.15. The molecular formula is C23H22O8. The van der Waals surface area contributed by atoms with Crippen LogP contribution < -0.4 is 23.7 Å². The van der Waals surface area contributed by atoms with Crippen molar-refractivity contribution in [2.75, 3.05) is 35.2 Å². The Morgan fingerprint density at radius 3 is 2.13 bits per heavy atom. The minimum atomic E-state index is -0.937. The second kappa shape index (κ2) is 7.86. The molecule has 1 heterocycles. The molecule has 1 aliphatic heterocycles. The molecule has 0 saturated heterocycles. The van der Waals surface area contributed by atoms with E-state index >= 15 is 0 Å². The molecule has 31 heavy (non-hydrogen) atoms. The molecular weight excluding hydrogens is 404 g/mol. The van der Waals surface area contributed by atoms with Gasteiger partial charge in [0.2, 0.25) is 12.5 Å². The van der Waals surface area contributed by atoms with Crippen LogP contribution in [0.1, 0.15) is 27.4 Å². The number of fused-ring (bicyclic) bond motifs is 2. The summed E-state index contributed by atoms with van der Waals surface area (Å²) in [7, 11) is 5.80. The third-order valence-electron chi connectivity index (χ3n) is 5.63. The van der Waals surface area contributed by atoms with Gasteiger partial charge in [0.05, 0.1) is 34.4 Å². The van der Waals surface area contributed by atoms with Crippen molar-refractivity contribution < 1.29 is 38.0 Å². The molecule has 0 aromatic heterocycles. The van der Waals surface area contributed by atoms with E-state index in [-0.39, 0.29) is 18.1 Å². The predicted molar refractivity (Wildman–Crippen MR) is 109 cm³/mol. The average molecular weight is 426 g/mol. The van der Waals surface area contributed by atoms with Gasteiger partial charge in [0.1, 0.15) is 0 Å². The van der Waals surface area contributed by atoms with E-state index < -0.39 is 17.8 Å². The topological polar surface area (TPSA) is 89.5 Å². The van der Waals surface area contributed by atoms with Crippen molar-refractivity contribution in [3.8, 4) is 28.7 Å². The molecule has 0 fully saturated rings. The summed E-state index contributed by atoms with van der Waals surface area (Å²) in [6.45, 7) is 3.98. The van der Waals surface area contributed by atoms with Crippen LogP contribution in [0.25, 0.3) is 0 Å². The lowest BCUT2D eigenvalue weighted by molar-refractivity contribution is -0.144. The Morgan fingerprint density at radius 1 is 0.968 bits per heavy atom. The highest BCUT2D eigenvalue weighted by atomic mass is 16.7. The summed E-state index contributed by atoms with van der Waals surface area (Å²) >= 11 is 0. The Labute approximate surface area is 179 Å². The largest absolute Gasteiger partial charge is 0.493 e. The summed E-state index contributed by atoms with van der Waals surface area (Å²) < 4.78 is 32.4. The Hall–Kier alpha value is -3.68. The highest BCUT2D eigenvalue weighted by Gasteiger charge is 2.44. The van der Waals surface area contributed by atoms with E-state index in [1.54, 1.807) is 24.3 Å². The highest BCUT2D eigenvalue weighted by Crippen LogP contribution is 2.50. The molecule has 8 heteroatoms. The lowest BCUT2D eigenvalue weighted by Crippen LogP contribution is -2.34. The van der Waals surface area contributed by atoms with Gasteiger partial charge in [-0.3, -0.25) is 9.59 Å². The van der Waals surface area contributed by atoms with Crippen molar-refractivity contribution in [2.45, 2.75) is 5.92 Å². The molecule has 1 aliphatic carbocycles. The standard InChI is InChI=1S/C23H22O8/c1-11-19(23(25)29-5)20(12-6-17(26-2)22(28-4)18(7-12)27-3)13-8-15-16(31-10-30-15)9-14(13)21(11)24/h6-9,19-20H,1,10H2,2-5H3/t19-,20-/m1/s1. The number of ketones is 1. The highest BCUT2D eigenvalue weighted by molar-refractivity contribution is 6.14. The summed E-state index contributed by atoms with van der Waals surface area (Å²) in [4.78, 5) is 25.9. The minimum absolute atomic E-state index is 0.0582. The average Bonchev–Trinajstić information content (AvgIpc) is 3.26. The van der Waals surface area contributed by atoms with Crippen LogP contribution in [-0.2, 0) is 9.53 Å². The van der Waals surface area contributed by atoms with E-state index in [1.165, 1.54) is 28.4 Å². The van der Waals surface area contributed by atoms with Crippen LogP contribution in [0.4, 0.5) is 0 Å². The van der Waals surface area contributed by atoms with Gasteiger partial charge < -0.3 is 28.4 Å². The van der Waals surface area contributed by atoms with E-state index in [9.17, 15) is 9.59 Å². The lowest BCUT2D eigenvalue weighted by atomic mass is 9.69. The van der Waals surface area contributed by atoms with Gasteiger partial charge in [-0.15, -0.1) is 0 Å². The van der Waals surface area contributed by atoms with E-state index in [0.29, 0.717) is 45.4 Å². The summed E-state index contributed by atoms with van der Waals surface area (Å²) in [5.41, 5.74) is 1.80. The zero-order valence-electron chi connectivity index (χ0n) is 17.6. The molecule has 2 aromatic carbocycles. The summed E-state index contributed by atoms with van der Waals surface area (Å²) in [5, 5.41) is 0. The first-order chi connectivity index (χ1) is 14.9. The third-order valence-corrected chi connectivity index (χ3v) is 5.63. The van der Waals surface area contributed by atoms with Gasteiger partial charge in [-0.1, -0.05) is 6.58 Å². The molecule has 0 N–H and O–H groups in total. The number of carbonyl (C=O) groups excluding carboxylic acids is 2. The number of hydrogen-bond acceptors (Lipinski definition) is 8. The second-order valence-electron chi connectivity index (χ2n) is 7.08.